The molecule has 1 N–H and O–H groups in total. The maximum Gasteiger partial charge on any atom is 0.119 e. The van der Waals surface area contributed by atoms with Crippen LogP contribution in [0.1, 0.15) is 36.8 Å². The molecule has 0 radical (unpaired) electrons. The van der Waals surface area contributed by atoms with Crippen molar-refractivity contribution in [2.45, 2.75) is 26.3 Å². The highest BCUT2D eigenvalue weighted by molar-refractivity contribution is 5.35. The molecule has 0 aliphatic heterocycles. The zero-order chi connectivity index (χ0) is 14.5. The summed E-state index contributed by atoms with van der Waals surface area (Å²) >= 11 is 0. The van der Waals surface area contributed by atoms with Crippen molar-refractivity contribution in [3.63, 3.8) is 0 Å². The predicted molar refractivity (Wildman–Crippen MR) is 81.1 cm³/mol. The minimum Gasteiger partial charge on any atom is -0.494 e. The van der Waals surface area contributed by atoms with Crippen LogP contribution < -0.4 is 10.1 Å². The molecular formula is C16H23N3O. The molecule has 20 heavy (non-hydrogen) atoms. The standard InChI is InChI=1S/C16H23N3O/c1-5-13-11-15(19(4)18-13)16(17-3)12-8-7-9-14(10-12)20-6-2/h7-11,16-17H,5-6H2,1-4H3. The van der Waals surface area contributed by atoms with Gasteiger partial charge in [-0.3, -0.25) is 4.68 Å². The quantitative estimate of drug-likeness (QED) is 0.879. The number of benzene rings is 1. The summed E-state index contributed by atoms with van der Waals surface area (Å²) in [5.41, 5.74) is 3.46. The van der Waals surface area contributed by atoms with Crippen LogP contribution in [0.5, 0.6) is 5.75 Å². The third kappa shape index (κ3) is 3.02. The van der Waals surface area contributed by atoms with Crippen LogP contribution in [0.25, 0.3) is 0 Å². The Morgan fingerprint density at radius 3 is 2.70 bits per heavy atom. The largest absolute Gasteiger partial charge is 0.494 e. The van der Waals surface area contributed by atoms with Crippen molar-refractivity contribution < 1.29 is 4.74 Å². The Labute approximate surface area is 120 Å². The van der Waals surface area contributed by atoms with Gasteiger partial charge >= 0.3 is 0 Å². The number of rotatable bonds is 6. The molecule has 0 aliphatic rings. The van der Waals surface area contributed by atoms with Crippen molar-refractivity contribution in [1.82, 2.24) is 15.1 Å². The molecule has 108 valence electrons. The summed E-state index contributed by atoms with van der Waals surface area (Å²) in [4.78, 5) is 0. The fourth-order valence-corrected chi connectivity index (χ4v) is 2.42. The zero-order valence-electron chi connectivity index (χ0n) is 12.7. The maximum absolute atomic E-state index is 5.58. The number of nitrogens with zero attached hydrogens (tertiary/aromatic N) is 2. The molecule has 1 atom stereocenters. The second kappa shape index (κ2) is 6.57. The van der Waals surface area contributed by atoms with Crippen LogP contribution in [-0.2, 0) is 13.5 Å². The van der Waals surface area contributed by atoms with Gasteiger partial charge in [0.05, 0.1) is 24.0 Å². The van der Waals surface area contributed by atoms with Gasteiger partial charge in [-0.2, -0.15) is 5.10 Å². The lowest BCUT2D eigenvalue weighted by molar-refractivity contribution is 0.339. The number of aromatic nitrogens is 2. The van der Waals surface area contributed by atoms with Crippen LogP contribution in [0, 0.1) is 0 Å². The molecule has 0 saturated heterocycles. The number of aryl methyl sites for hydroxylation is 2. The number of hydrogen-bond acceptors (Lipinski definition) is 3. The first-order chi connectivity index (χ1) is 9.69. The average molecular weight is 273 g/mol. The third-order valence-electron chi connectivity index (χ3n) is 3.42. The normalized spacial score (nSPS) is 12.4. The van der Waals surface area contributed by atoms with Crippen LogP contribution in [0.15, 0.2) is 30.3 Å². The summed E-state index contributed by atoms with van der Waals surface area (Å²) < 4.78 is 7.54. The van der Waals surface area contributed by atoms with Crippen molar-refractivity contribution in [1.29, 1.82) is 0 Å². The first-order valence-electron chi connectivity index (χ1n) is 7.12. The summed E-state index contributed by atoms with van der Waals surface area (Å²) in [6.45, 7) is 4.80. The first-order valence-corrected chi connectivity index (χ1v) is 7.12. The van der Waals surface area contributed by atoms with E-state index < -0.39 is 0 Å². The second-order valence-electron chi connectivity index (χ2n) is 4.76. The van der Waals surface area contributed by atoms with Crippen LogP contribution in [0.2, 0.25) is 0 Å². The van der Waals surface area contributed by atoms with Gasteiger partial charge in [0.25, 0.3) is 0 Å². The molecule has 0 saturated carbocycles. The molecule has 0 fully saturated rings. The number of hydrogen-bond donors (Lipinski definition) is 1. The summed E-state index contributed by atoms with van der Waals surface area (Å²) in [6, 6.07) is 10.5. The Morgan fingerprint density at radius 2 is 2.10 bits per heavy atom. The van der Waals surface area contributed by atoms with Crippen molar-refractivity contribution in [3.05, 3.63) is 47.3 Å². The lowest BCUT2D eigenvalue weighted by Gasteiger charge is -2.17. The van der Waals surface area contributed by atoms with Gasteiger partial charge in [-0.05, 0) is 44.2 Å². The SMILES string of the molecule is CCOc1cccc(C(NC)c2cc(CC)nn2C)c1. The molecule has 1 aromatic carbocycles. The van der Waals surface area contributed by atoms with Gasteiger partial charge < -0.3 is 10.1 Å². The van der Waals surface area contributed by atoms with E-state index in [0.29, 0.717) is 6.61 Å². The summed E-state index contributed by atoms with van der Waals surface area (Å²) in [6.07, 6.45) is 0.948. The topological polar surface area (TPSA) is 39.1 Å². The Balaban J connectivity index is 2.35. The van der Waals surface area contributed by atoms with E-state index in [2.05, 4.69) is 35.5 Å². The molecule has 2 aromatic rings. The molecule has 0 bridgehead atoms. The highest BCUT2D eigenvalue weighted by atomic mass is 16.5. The highest BCUT2D eigenvalue weighted by Gasteiger charge is 2.17. The van der Waals surface area contributed by atoms with E-state index in [4.69, 9.17) is 4.74 Å². The highest BCUT2D eigenvalue weighted by Crippen LogP contribution is 2.25. The molecule has 4 heteroatoms. The van der Waals surface area contributed by atoms with Crippen LogP contribution in [0.4, 0.5) is 0 Å². The number of nitrogens with one attached hydrogen (secondary N) is 1. The molecule has 0 spiro atoms. The van der Waals surface area contributed by atoms with Gasteiger partial charge in [-0.1, -0.05) is 19.1 Å². The van der Waals surface area contributed by atoms with Gasteiger partial charge in [0.2, 0.25) is 0 Å². The Bertz CT molecular complexity index is 563. The minimum atomic E-state index is 0.119. The van der Waals surface area contributed by atoms with Crippen LogP contribution in [-0.4, -0.2) is 23.4 Å². The van der Waals surface area contributed by atoms with Crippen LogP contribution in [0.3, 0.4) is 0 Å². The summed E-state index contributed by atoms with van der Waals surface area (Å²) in [5, 5.41) is 7.89. The number of ether oxygens (including phenoxy) is 1. The first kappa shape index (κ1) is 14.6. The monoisotopic (exact) mass is 273 g/mol. The molecule has 4 nitrogen and oxygen atoms in total. The van der Waals surface area contributed by atoms with Gasteiger partial charge in [0.1, 0.15) is 5.75 Å². The Morgan fingerprint density at radius 1 is 1.30 bits per heavy atom. The Hall–Kier alpha value is -1.81. The lowest BCUT2D eigenvalue weighted by Crippen LogP contribution is -2.20. The summed E-state index contributed by atoms with van der Waals surface area (Å²) in [5.74, 6) is 0.906. The molecule has 2 rings (SSSR count). The van der Waals surface area contributed by atoms with E-state index in [0.717, 1.165) is 23.6 Å². The maximum atomic E-state index is 5.58. The van der Waals surface area contributed by atoms with Crippen molar-refractivity contribution in [3.8, 4) is 5.75 Å². The summed E-state index contributed by atoms with van der Waals surface area (Å²) in [7, 11) is 3.96. The van der Waals surface area contributed by atoms with E-state index in [9.17, 15) is 0 Å². The van der Waals surface area contributed by atoms with E-state index in [1.165, 1.54) is 5.56 Å². The van der Waals surface area contributed by atoms with E-state index in [1.807, 2.05) is 37.8 Å². The molecule has 0 amide bonds. The molecule has 1 unspecified atom stereocenters. The van der Waals surface area contributed by atoms with Gasteiger partial charge in [0, 0.05) is 7.05 Å². The van der Waals surface area contributed by atoms with Gasteiger partial charge in [-0.25, -0.2) is 0 Å². The lowest BCUT2D eigenvalue weighted by atomic mass is 10.0. The third-order valence-corrected chi connectivity index (χ3v) is 3.42. The van der Waals surface area contributed by atoms with Crippen molar-refractivity contribution in [2.24, 2.45) is 7.05 Å². The molecular weight excluding hydrogens is 250 g/mol. The van der Waals surface area contributed by atoms with Crippen molar-refractivity contribution in [2.75, 3.05) is 13.7 Å². The molecule has 1 heterocycles. The molecule has 1 aromatic heterocycles. The van der Waals surface area contributed by atoms with Gasteiger partial charge in [0.15, 0.2) is 0 Å². The Kier molecular flexibility index (Phi) is 4.79. The zero-order valence-corrected chi connectivity index (χ0v) is 12.7. The van der Waals surface area contributed by atoms with E-state index >= 15 is 0 Å². The van der Waals surface area contributed by atoms with Gasteiger partial charge in [-0.15, -0.1) is 0 Å². The fourth-order valence-electron chi connectivity index (χ4n) is 2.42. The van der Waals surface area contributed by atoms with Crippen molar-refractivity contribution >= 4 is 0 Å². The van der Waals surface area contributed by atoms with Crippen LogP contribution >= 0.6 is 0 Å². The van der Waals surface area contributed by atoms with E-state index in [1.54, 1.807) is 0 Å². The van der Waals surface area contributed by atoms with E-state index in [-0.39, 0.29) is 6.04 Å². The second-order valence-corrected chi connectivity index (χ2v) is 4.76. The minimum absolute atomic E-state index is 0.119. The predicted octanol–water partition coefficient (Wildman–Crippen LogP) is 2.69. The molecule has 0 aliphatic carbocycles. The fraction of sp³-hybridized carbons (Fsp3) is 0.438. The smallest absolute Gasteiger partial charge is 0.119 e. The average Bonchev–Trinajstić information content (AvgIpc) is 2.82.